The maximum Gasteiger partial charge on any atom is 0.262 e. The molecule has 0 unspecified atom stereocenters. The molecule has 6 heteroatoms. The van der Waals surface area contributed by atoms with Crippen LogP contribution in [0.4, 0.5) is 5.69 Å². The Labute approximate surface area is 142 Å². The number of anilines is 1. The highest BCUT2D eigenvalue weighted by atomic mass is 79.9. The molecule has 2 aromatic rings. The summed E-state index contributed by atoms with van der Waals surface area (Å²) < 4.78 is 11.6. The Morgan fingerprint density at radius 1 is 1.09 bits per heavy atom. The summed E-state index contributed by atoms with van der Waals surface area (Å²) >= 11 is 3.33. The predicted octanol–water partition coefficient (Wildman–Crippen LogP) is 3.68. The molecule has 23 heavy (non-hydrogen) atoms. The molecule has 2 aromatic carbocycles. The molecule has 1 N–H and O–H groups in total. The fourth-order valence-corrected chi connectivity index (χ4v) is 2.14. The Bertz CT molecular complexity index is 713. The number of ether oxygens (including phenoxy) is 2. The first-order valence-corrected chi connectivity index (χ1v) is 7.66. The van der Waals surface area contributed by atoms with E-state index in [-0.39, 0.29) is 18.3 Å². The predicted molar refractivity (Wildman–Crippen MR) is 91.3 cm³/mol. The number of benzene rings is 2. The Morgan fingerprint density at radius 2 is 1.78 bits per heavy atom. The third kappa shape index (κ3) is 4.82. The topological polar surface area (TPSA) is 64.6 Å². The van der Waals surface area contributed by atoms with Gasteiger partial charge < -0.3 is 14.8 Å². The molecule has 5 nitrogen and oxygen atoms in total. The van der Waals surface area contributed by atoms with Gasteiger partial charge in [0.1, 0.15) is 0 Å². The molecular weight excluding hydrogens is 362 g/mol. The van der Waals surface area contributed by atoms with Crippen molar-refractivity contribution in [2.75, 3.05) is 19.0 Å². The molecule has 120 valence electrons. The Balaban J connectivity index is 1.98. The van der Waals surface area contributed by atoms with E-state index in [0.717, 1.165) is 4.47 Å². The Kier molecular flexibility index (Phi) is 5.76. The molecule has 0 heterocycles. The minimum absolute atomic E-state index is 0.0668. The van der Waals surface area contributed by atoms with Crippen molar-refractivity contribution in [3.05, 3.63) is 52.5 Å². The Morgan fingerprint density at radius 3 is 2.39 bits per heavy atom. The van der Waals surface area contributed by atoms with Crippen LogP contribution in [0.25, 0.3) is 0 Å². The van der Waals surface area contributed by atoms with Crippen molar-refractivity contribution in [3.8, 4) is 11.5 Å². The van der Waals surface area contributed by atoms with Crippen molar-refractivity contribution in [1.82, 2.24) is 0 Å². The van der Waals surface area contributed by atoms with E-state index in [2.05, 4.69) is 21.2 Å². The van der Waals surface area contributed by atoms with Gasteiger partial charge in [-0.05, 0) is 49.4 Å². The van der Waals surface area contributed by atoms with Gasteiger partial charge in [0.25, 0.3) is 5.91 Å². The van der Waals surface area contributed by atoms with E-state index >= 15 is 0 Å². The van der Waals surface area contributed by atoms with Crippen molar-refractivity contribution in [1.29, 1.82) is 0 Å². The first-order valence-electron chi connectivity index (χ1n) is 6.87. The van der Waals surface area contributed by atoms with Crippen LogP contribution in [0, 0.1) is 0 Å². The second-order valence-corrected chi connectivity index (χ2v) is 5.68. The zero-order valence-corrected chi connectivity index (χ0v) is 14.3. The van der Waals surface area contributed by atoms with Crippen LogP contribution in [0.3, 0.4) is 0 Å². The molecule has 0 aromatic heterocycles. The van der Waals surface area contributed by atoms with Gasteiger partial charge in [-0.25, -0.2) is 0 Å². The summed E-state index contributed by atoms with van der Waals surface area (Å²) in [5, 5.41) is 2.73. The standard InChI is InChI=1S/C17H16BrNO4/c1-11(20)12-3-8-15(16(9-12)22-2)23-10-17(21)19-14-6-4-13(18)5-7-14/h3-9H,10H2,1-2H3,(H,19,21). The fourth-order valence-electron chi connectivity index (χ4n) is 1.88. The van der Waals surface area contributed by atoms with Gasteiger partial charge in [0.15, 0.2) is 23.9 Å². The Hall–Kier alpha value is -2.34. The van der Waals surface area contributed by atoms with Crippen LogP contribution >= 0.6 is 15.9 Å². The first kappa shape index (κ1) is 17.0. The van der Waals surface area contributed by atoms with E-state index in [1.54, 1.807) is 30.3 Å². The number of halogens is 1. The lowest BCUT2D eigenvalue weighted by molar-refractivity contribution is -0.118. The van der Waals surface area contributed by atoms with Crippen molar-refractivity contribution < 1.29 is 19.1 Å². The van der Waals surface area contributed by atoms with Crippen molar-refractivity contribution in [2.24, 2.45) is 0 Å². The fraction of sp³-hybridized carbons (Fsp3) is 0.176. The number of hydrogen-bond acceptors (Lipinski definition) is 4. The van der Waals surface area contributed by atoms with Gasteiger partial charge in [-0.2, -0.15) is 0 Å². The number of ketones is 1. The summed E-state index contributed by atoms with van der Waals surface area (Å²) in [6.45, 7) is 1.31. The average molecular weight is 378 g/mol. The highest BCUT2D eigenvalue weighted by Crippen LogP contribution is 2.28. The van der Waals surface area contributed by atoms with Gasteiger partial charge >= 0.3 is 0 Å². The van der Waals surface area contributed by atoms with E-state index in [1.807, 2.05) is 12.1 Å². The van der Waals surface area contributed by atoms with E-state index in [0.29, 0.717) is 22.7 Å². The van der Waals surface area contributed by atoms with Gasteiger partial charge in [0.2, 0.25) is 0 Å². The summed E-state index contributed by atoms with van der Waals surface area (Å²) in [6, 6.07) is 12.1. The maximum atomic E-state index is 11.9. The molecule has 0 saturated carbocycles. The SMILES string of the molecule is COc1cc(C(C)=O)ccc1OCC(=O)Nc1ccc(Br)cc1. The van der Waals surface area contributed by atoms with E-state index in [1.165, 1.54) is 14.0 Å². The molecule has 0 bridgehead atoms. The van der Waals surface area contributed by atoms with Crippen LogP contribution in [-0.4, -0.2) is 25.4 Å². The smallest absolute Gasteiger partial charge is 0.262 e. The number of amides is 1. The summed E-state index contributed by atoms with van der Waals surface area (Å²) in [5.74, 6) is 0.463. The minimum Gasteiger partial charge on any atom is -0.493 e. The molecule has 0 fully saturated rings. The van der Waals surface area contributed by atoms with Gasteiger partial charge in [-0.3, -0.25) is 9.59 Å². The van der Waals surface area contributed by atoms with Gasteiger partial charge in [-0.1, -0.05) is 15.9 Å². The van der Waals surface area contributed by atoms with Crippen LogP contribution in [0.1, 0.15) is 17.3 Å². The molecule has 0 atom stereocenters. The van der Waals surface area contributed by atoms with Gasteiger partial charge in [0, 0.05) is 15.7 Å². The quantitative estimate of drug-likeness (QED) is 0.779. The highest BCUT2D eigenvalue weighted by Gasteiger charge is 2.10. The number of hydrogen-bond donors (Lipinski definition) is 1. The molecule has 0 spiro atoms. The van der Waals surface area contributed by atoms with Crippen molar-refractivity contribution >= 4 is 33.3 Å². The van der Waals surface area contributed by atoms with Gasteiger partial charge in [-0.15, -0.1) is 0 Å². The normalized spacial score (nSPS) is 10.0. The van der Waals surface area contributed by atoms with E-state index in [4.69, 9.17) is 9.47 Å². The number of carbonyl (C=O) groups is 2. The molecule has 1 amide bonds. The third-order valence-corrected chi connectivity index (χ3v) is 3.59. The van der Waals surface area contributed by atoms with Gasteiger partial charge in [0.05, 0.1) is 7.11 Å². The molecule has 0 aliphatic carbocycles. The van der Waals surface area contributed by atoms with Crippen LogP contribution in [-0.2, 0) is 4.79 Å². The van der Waals surface area contributed by atoms with Crippen LogP contribution in [0.2, 0.25) is 0 Å². The molecule has 0 saturated heterocycles. The zero-order valence-electron chi connectivity index (χ0n) is 12.8. The van der Waals surface area contributed by atoms with Crippen LogP contribution in [0.15, 0.2) is 46.9 Å². The lowest BCUT2D eigenvalue weighted by Gasteiger charge is -2.11. The minimum atomic E-state index is -0.287. The summed E-state index contributed by atoms with van der Waals surface area (Å²) in [4.78, 5) is 23.3. The van der Waals surface area contributed by atoms with E-state index in [9.17, 15) is 9.59 Å². The van der Waals surface area contributed by atoms with Crippen molar-refractivity contribution in [3.63, 3.8) is 0 Å². The van der Waals surface area contributed by atoms with Crippen molar-refractivity contribution in [2.45, 2.75) is 6.92 Å². The molecule has 0 aliphatic heterocycles. The second kappa shape index (κ2) is 7.78. The molecule has 2 rings (SSSR count). The second-order valence-electron chi connectivity index (χ2n) is 4.77. The summed E-state index contributed by atoms with van der Waals surface area (Å²) in [5.41, 5.74) is 1.20. The lowest BCUT2D eigenvalue weighted by atomic mass is 10.1. The average Bonchev–Trinajstić information content (AvgIpc) is 2.54. The monoisotopic (exact) mass is 377 g/mol. The zero-order chi connectivity index (χ0) is 16.8. The molecular formula is C17H16BrNO4. The maximum absolute atomic E-state index is 11.9. The first-order chi connectivity index (χ1) is 11.0. The lowest BCUT2D eigenvalue weighted by Crippen LogP contribution is -2.20. The molecule has 0 radical (unpaired) electrons. The van der Waals surface area contributed by atoms with E-state index < -0.39 is 0 Å². The number of carbonyl (C=O) groups excluding carboxylic acids is 2. The van der Waals surface area contributed by atoms with Crippen LogP contribution in [0.5, 0.6) is 11.5 Å². The highest BCUT2D eigenvalue weighted by molar-refractivity contribution is 9.10. The van der Waals surface area contributed by atoms with Crippen LogP contribution < -0.4 is 14.8 Å². The largest absolute Gasteiger partial charge is 0.493 e. The number of nitrogens with one attached hydrogen (secondary N) is 1. The third-order valence-electron chi connectivity index (χ3n) is 3.06. The summed E-state index contributed by atoms with van der Waals surface area (Å²) in [7, 11) is 1.48. The summed E-state index contributed by atoms with van der Waals surface area (Å²) in [6.07, 6.45) is 0. The number of methoxy groups -OCH3 is 1. The molecule has 0 aliphatic rings. The number of Topliss-reactive ketones (excluding diaryl/α,β-unsaturated/α-hetero) is 1. The number of rotatable bonds is 6.